The van der Waals surface area contributed by atoms with Crippen LogP contribution in [-0.2, 0) is 29.1 Å². The Labute approximate surface area is 316 Å². The van der Waals surface area contributed by atoms with Gasteiger partial charge in [-0.05, 0) is 79.9 Å². The Morgan fingerprint density at radius 2 is 1.71 bits per heavy atom. The van der Waals surface area contributed by atoms with Gasteiger partial charge in [0.05, 0.1) is 26.0 Å². The van der Waals surface area contributed by atoms with Crippen LogP contribution in [0.25, 0.3) is 10.8 Å². The molecule has 6 atom stereocenters. The first-order valence-electron chi connectivity index (χ1n) is 18.1. The van der Waals surface area contributed by atoms with Crippen LogP contribution < -0.4 is 29.6 Å². The lowest BCUT2D eigenvalue weighted by Gasteiger charge is -2.35. The van der Waals surface area contributed by atoms with E-state index in [2.05, 4.69) is 25.1 Å². The van der Waals surface area contributed by atoms with Gasteiger partial charge < -0.3 is 34.5 Å². The summed E-state index contributed by atoms with van der Waals surface area (Å²) in [7, 11) is -1.02. The second-order valence-corrected chi connectivity index (χ2v) is 17.8. The third kappa shape index (κ3) is 8.65. The molecule has 19 heteroatoms. The summed E-state index contributed by atoms with van der Waals surface area (Å²) in [5, 5.41) is 5.59. The Morgan fingerprint density at radius 3 is 2.29 bits per heavy atom. The molecule has 0 bridgehead atoms. The molecule has 2 heterocycles. The summed E-state index contributed by atoms with van der Waals surface area (Å²) in [6.45, 7) is 5.14. The molecule has 1 aromatic carbocycles. The third-order valence-corrected chi connectivity index (χ3v) is 12.4. The van der Waals surface area contributed by atoms with Crippen molar-refractivity contribution in [3.8, 4) is 17.5 Å². The number of nitrogens with zero attached hydrogens (tertiary/aromatic N) is 2. The monoisotopic (exact) mass is 797 g/mol. The average molecular weight is 798 g/mol. The minimum absolute atomic E-state index is 0.109. The number of fused-ring (bicyclic) bond motifs is 1. The summed E-state index contributed by atoms with van der Waals surface area (Å²) in [4.78, 5) is 60.8. The van der Waals surface area contributed by atoms with Gasteiger partial charge in [0.1, 0.15) is 29.5 Å². The number of pyridine rings is 1. The van der Waals surface area contributed by atoms with Gasteiger partial charge in [0.2, 0.25) is 33.6 Å². The van der Waals surface area contributed by atoms with Crippen molar-refractivity contribution in [1.82, 2.24) is 25.2 Å². The summed E-state index contributed by atoms with van der Waals surface area (Å²) in [5.41, 5.74) is -2.64. The number of nitrogens with one attached hydrogen (secondary N) is 3. The number of sulfonamides is 1. The van der Waals surface area contributed by atoms with E-state index < -0.39 is 80.5 Å². The van der Waals surface area contributed by atoms with Gasteiger partial charge in [-0.25, -0.2) is 13.2 Å². The highest BCUT2D eigenvalue weighted by Gasteiger charge is 2.67. The average Bonchev–Trinajstić information content (AvgIpc) is 3.98. The summed E-state index contributed by atoms with van der Waals surface area (Å²) >= 11 is 0. The lowest BCUT2D eigenvalue weighted by Crippen LogP contribution is -2.60. The maximum absolute atomic E-state index is 14.5. The van der Waals surface area contributed by atoms with Crippen LogP contribution in [0, 0.1) is 17.3 Å². The van der Waals surface area contributed by atoms with E-state index in [0.29, 0.717) is 36.3 Å². The highest BCUT2D eigenvalue weighted by molar-refractivity contribution is 7.91. The molecule has 2 aromatic rings. The van der Waals surface area contributed by atoms with Gasteiger partial charge >= 0.3 is 12.3 Å². The van der Waals surface area contributed by atoms with Gasteiger partial charge in [0.25, 0.3) is 5.91 Å². The smallest absolute Gasteiger partial charge is 0.425 e. The van der Waals surface area contributed by atoms with E-state index in [-0.39, 0.29) is 43.0 Å². The number of hydrogen-bond donors (Lipinski definition) is 3. The lowest BCUT2D eigenvalue weighted by atomic mass is 9.85. The van der Waals surface area contributed by atoms with Crippen molar-refractivity contribution >= 4 is 44.6 Å². The molecule has 0 unspecified atom stereocenters. The maximum atomic E-state index is 14.5. The SMILES string of the molecule is COc1ccc2c(O[C@@H]3C[C@@H](C(=O)N[C@]4(C(=O)NS(=O)(=O)C5CC5)C[C@H]4C4CC4)N(C(=O)[C@@H](NC(=O)O[C@H](C)C(F)(F)F)C(C)(C)C)C3)nc(OC)cc2c1. The van der Waals surface area contributed by atoms with Gasteiger partial charge in [-0.1, -0.05) is 20.8 Å². The van der Waals surface area contributed by atoms with E-state index in [9.17, 15) is 40.8 Å². The quantitative estimate of drug-likeness (QED) is 0.269. The van der Waals surface area contributed by atoms with Crippen LogP contribution in [-0.4, -0.2) is 104 Å². The zero-order chi connectivity index (χ0) is 40.2. The van der Waals surface area contributed by atoms with Crippen LogP contribution in [0.5, 0.6) is 17.5 Å². The Morgan fingerprint density at radius 1 is 1.02 bits per heavy atom. The number of amides is 4. The predicted molar refractivity (Wildman–Crippen MR) is 190 cm³/mol. The number of alkyl halides is 3. The Kier molecular flexibility index (Phi) is 10.6. The highest BCUT2D eigenvalue weighted by atomic mass is 32.2. The molecule has 1 aromatic heterocycles. The van der Waals surface area contributed by atoms with Crippen molar-refractivity contribution in [3.63, 3.8) is 0 Å². The van der Waals surface area contributed by atoms with E-state index in [0.717, 1.165) is 17.7 Å². The van der Waals surface area contributed by atoms with Gasteiger partial charge in [0.15, 0.2) is 6.10 Å². The van der Waals surface area contributed by atoms with Crippen LogP contribution in [0.4, 0.5) is 18.0 Å². The standard InChI is InChI=1S/C36H46F3N5O10S/c1-18(36(37,38)39)53-33(48)41-28(34(2,3)4)31(46)44-17-22(54-30-24-12-9-21(51-5)13-20(24)14-27(40-30)52-6)15-26(44)29(45)42-35(16-25(35)19-7-8-19)32(47)43-55(49,50)23-10-11-23/h9,12-14,18-19,22-23,25-26,28H,7-8,10-11,15-17H2,1-6H3,(H,41,48)(H,42,45)(H,43,47)/t18-,22-,25+,26+,28-,35-/m1/s1. The molecule has 0 radical (unpaired) electrons. The van der Waals surface area contributed by atoms with Crippen LogP contribution in [0.15, 0.2) is 24.3 Å². The molecular weight excluding hydrogens is 751 g/mol. The molecule has 4 aliphatic rings. The molecule has 1 aliphatic heterocycles. The molecule has 15 nitrogen and oxygen atoms in total. The zero-order valence-electron chi connectivity index (χ0n) is 31.3. The second kappa shape index (κ2) is 14.5. The van der Waals surface area contributed by atoms with E-state index in [4.69, 9.17) is 14.2 Å². The number of likely N-dealkylation sites (tertiary alicyclic amines) is 1. The number of aromatic nitrogens is 1. The van der Waals surface area contributed by atoms with Crippen molar-refractivity contribution in [2.45, 2.75) is 107 Å². The molecule has 0 spiro atoms. The van der Waals surface area contributed by atoms with E-state index in [1.165, 1.54) is 14.2 Å². The summed E-state index contributed by atoms with van der Waals surface area (Å²) in [6, 6.07) is 4.01. The number of carbonyl (C=O) groups excluding carboxylic acids is 4. The third-order valence-electron chi connectivity index (χ3n) is 10.6. The van der Waals surface area contributed by atoms with Crippen LogP contribution >= 0.6 is 0 Å². The van der Waals surface area contributed by atoms with Crippen molar-refractivity contribution in [2.75, 3.05) is 20.8 Å². The highest BCUT2D eigenvalue weighted by Crippen LogP contribution is 2.57. The van der Waals surface area contributed by atoms with E-state index >= 15 is 0 Å². The first-order valence-corrected chi connectivity index (χ1v) is 19.6. The second-order valence-electron chi connectivity index (χ2n) is 15.9. The van der Waals surface area contributed by atoms with E-state index in [1.807, 2.05) is 0 Å². The first-order chi connectivity index (χ1) is 25.7. The van der Waals surface area contributed by atoms with Crippen molar-refractivity contribution in [2.24, 2.45) is 17.3 Å². The molecule has 302 valence electrons. The predicted octanol–water partition coefficient (Wildman–Crippen LogP) is 3.59. The largest absolute Gasteiger partial charge is 0.497 e. The minimum Gasteiger partial charge on any atom is -0.497 e. The van der Waals surface area contributed by atoms with Crippen LogP contribution in [0.3, 0.4) is 0 Å². The summed E-state index contributed by atoms with van der Waals surface area (Å²) in [5.74, 6) is -1.77. The number of carbonyl (C=O) groups is 4. The number of methoxy groups -OCH3 is 2. The van der Waals surface area contributed by atoms with Crippen molar-refractivity contribution in [1.29, 1.82) is 0 Å². The number of halogens is 3. The Balaban J connectivity index is 1.31. The molecule has 3 saturated carbocycles. The Bertz CT molecular complexity index is 1960. The number of hydrogen-bond acceptors (Lipinski definition) is 11. The molecule has 6 rings (SSSR count). The molecule has 1 saturated heterocycles. The number of ether oxygens (including phenoxy) is 4. The fourth-order valence-electron chi connectivity index (χ4n) is 7.03. The lowest BCUT2D eigenvalue weighted by molar-refractivity contribution is -0.197. The van der Waals surface area contributed by atoms with Crippen molar-refractivity contribution in [3.05, 3.63) is 24.3 Å². The summed E-state index contributed by atoms with van der Waals surface area (Å²) < 4.78 is 89.0. The number of rotatable bonds is 13. The maximum Gasteiger partial charge on any atom is 0.425 e. The first kappa shape index (κ1) is 40.1. The minimum atomic E-state index is -4.86. The molecular formula is C36H46F3N5O10S. The van der Waals surface area contributed by atoms with Crippen molar-refractivity contribution < 1.29 is 59.7 Å². The van der Waals surface area contributed by atoms with Crippen LogP contribution in [0.1, 0.15) is 66.2 Å². The Hall–Kier alpha value is -4.55. The van der Waals surface area contributed by atoms with Crippen LogP contribution in [0.2, 0.25) is 0 Å². The van der Waals surface area contributed by atoms with Gasteiger partial charge in [-0.15, -0.1) is 0 Å². The fraction of sp³-hybridized carbons (Fsp3) is 0.639. The molecule has 4 amide bonds. The topological polar surface area (TPSA) is 192 Å². The molecule has 55 heavy (non-hydrogen) atoms. The zero-order valence-corrected chi connectivity index (χ0v) is 32.1. The number of benzene rings is 1. The summed E-state index contributed by atoms with van der Waals surface area (Å²) in [6.07, 6.45) is -7.19. The van der Waals surface area contributed by atoms with Gasteiger partial charge in [0, 0.05) is 17.9 Å². The molecule has 4 fully saturated rings. The fourth-order valence-corrected chi connectivity index (χ4v) is 8.39. The normalized spacial score (nSPS) is 25.0. The van der Waals surface area contributed by atoms with Gasteiger partial charge in [-0.3, -0.25) is 19.1 Å². The molecule has 3 N–H and O–H groups in total. The van der Waals surface area contributed by atoms with Gasteiger partial charge in [-0.2, -0.15) is 18.2 Å². The van der Waals surface area contributed by atoms with E-state index in [1.54, 1.807) is 45.0 Å². The molecule has 3 aliphatic carbocycles. The number of alkyl carbamates (subject to hydrolysis) is 1.